The van der Waals surface area contributed by atoms with Gasteiger partial charge in [-0.05, 0) is 85.2 Å². The number of nitrogens with zero attached hydrogens (tertiary/aromatic N) is 2. The molecule has 47 heavy (non-hydrogen) atoms. The molecule has 256 valence electrons. The summed E-state index contributed by atoms with van der Waals surface area (Å²) in [5.41, 5.74) is 6.25. The fourth-order valence-corrected chi connectivity index (χ4v) is 10.0. The highest BCUT2D eigenvalue weighted by Crippen LogP contribution is 2.65. The van der Waals surface area contributed by atoms with Crippen molar-refractivity contribution in [3.8, 4) is 0 Å². The number of carbonyl (C=O) groups is 5. The highest BCUT2D eigenvalue weighted by Gasteiger charge is 2.69. The molecule has 5 aliphatic rings. The summed E-state index contributed by atoms with van der Waals surface area (Å²) in [7, 11) is 0. The maximum absolute atomic E-state index is 14.7. The SMILES string of the molecule is CC1(C)[C@@H]2[C@@H](C(=O)CC(CC3CC3)C(=O)C(N)=O)N(C(=O)[C@@H](CC(=O)CC3(Cc4ccccn4)CCCCC3)C3CCCCC3)C[C@@H]21. The number of likely N-dealkylation sites (tertiary alicyclic amines) is 1. The molecule has 1 aromatic heterocycles. The smallest absolute Gasteiger partial charge is 0.285 e. The molecule has 4 saturated carbocycles. The number of carbonyl (C=O) groups excluding carboxylic acids is 5. The van der Waals surface area contributed by atoms with Gasteiger partial charge in [-0.3, -0.25) is 29.0 Å². The lowest BCUT2D eigenvalue weighted by Crippen LogP contribution is -2.50. The Morgan fingerprint density at radius 3 is 2.28 bits per heavy atom. The highest BCUT2D eigenvalue weighted by atomic mass is 16.2. The molecule has 1 saturated heterocycles. The van der Waals surface area contributed by atoms with Crippen molar-refractivity contribution < 1.29 is 24.0 Å². The van der Waals surface area contributed by atoms with E-state index in [1.165, 1.54) is 6.42 Å². The molecule has 5 fully saturated rings. The number of rotatable bonds is 15. The average Bonchev–Trinajstić information content (AvgIpc) is 3.91. The van der Waals surface area contributed by atoms with E-state index in [1.54, 1.807) is 0 Å². The van der Waals surface area contributed by atoms with Gasteiger partial charge in [-0.15, -0.1) is 0 Å². The van der Waals surface area contributed by atoms with Crippen LogP contribution in [0.1, 0.15) is 122 Å². The van der Waals surface area contributed by atoms with E-state index >= 15 is 0 Å². The summed E-state index contributed by atoms with van der Waals surface area (Å²) in [5.74, 6) is -2.05. The van der Waals surface area contributed by atoms with Crippen molar-refractivity contribution in [2.75, 3.05) is 6.54 Å². The maximum Gasteiger partial charge on any atom is 0.285 e. The first kappa shape index (κ1) is 34.0. The fourth-order valence-electron chi connectivity index (χ4n) is 10.0. The molecule has 1 aliphatic heterocycles. The molecule has 0 spiro atoms. The van der Waals surface area contributed by atoms with Crippen LogP contribution in [-0.4, -0.2) is 51.6 Å². The Labute approximate surface area is 280 Å². The molecule has 2 heterocycles. The van der Waals surface area contributed by atoms with Gasteiger partial charge < -0.3 is 10.6 Å². The number of aromatic nitrogens is 1. The summed E-state index contributed by atoms with van der Waals surface area (Å²) in [4.78, 5) is 74.1. The Kier molecular flexibility index (Phi) is 10.1. The van der Waals surface area contributed by atoms with E-state index in [4.69, 9.17) is 5.73 Å². The van der Waals surface area contributed by atoms with Crippen molar-refractivity contribution in [3.05, 3.63) is 30.1 Å². The zero-order chi connectivity index (χ0) is 33.3. The molecule has 8 nitrogen and oxygen atoms in total. The van der Waals surface area contributed by atoms with Gasteiger partial charge in [0.25, 0.3) is 5.91 Å². The number of primary amides is 1. The zero-order valence-corrected chi connectivity index (χ0v) is 28.6. The lowest BCUT2D eigenvalue weighted by atomic mass is 9.67. The van der Waals surface area contributed by atoms with Crippen molar-refractivity contribution >= 4 is 29.2 Å². The van der Waals surface area contributed by atoms with E-state index < -0.39 is 29.6 Å². The number of Topliss-reactive ketones (excluding diaryl/α,β-unsaturated/α-hetero) is 3. The molecular weight excluding hydrogens is 590 g/mol. The summed E-state index contributed by atoms with van der Waals surface area (Å²) in [6, 6.07) is 5.38. The van der Waals surface area contributed by atoms with Gasteiger partial charge in [-0.1, -0.05) is 71.3 Å². The molecule has 8 heteroatoms. The number of amides is 2. The lowest BCUT2D eigenvalue weighted by Gasteiger charge is -2.39. The van der Waals surface area contributed by atoms with Gasteiger partial charge in [-0.25, -0.2) is 0 Å². The molecule has 0 aromatic carbocycles. The molecule has 0 radical (unpaired) electrons. The second-order valence-corrected chi connectivity index (χ2v) is 16.6. The number of nitrogens with two attached hydrogens (primary N) is 1. The molecule has 2 amide bonds. The Morgan fingerprint density at radius 1 is 0.936 bits per heavy atom. The Morgan fingerprint density at radius 2 is 1.64 bits per heavy atom. The highest BCUT2D eigenvalue weighted by molar-refractivity contribution is 6.36. The number of hydrogen-bond acceptors (Lipinski definition) is 6. The predicted molar refractivity (Wildman–Crippen MR) is 179 cm³/mol. The van der Waals surface area contributed by atoms with Gasteiger partial charge in [0.05, 0.1) is 6.04 Å². The van der Waals surface area contributed by atoms with E-state index in [0.29, 0.717) is 25.3 Å². The predicted octanol–water partition coefficient (Wildman–Crippen LogP) is 6.03. The monoisotopic (exact) mass is 645 g/mol. The van der Waals surface area contributed by atoms with E-state index in [9.17, 15) is 24.0 Å². The number of fused-ring (bicyclic) bond motifs is 1. The van der Waals surface area contributed by atoms with E-state index in [-0.39, 0.29) is 58.9 Å². The molecule has 0 bridgehead atoms. The van der Waals surface area contributed by atoms with Crippen molar-refractivity contribution in [3.63, 3.8) is 0 Å². The van der Waals surface area contributed by atoms with Crippen LogP contribution in [0.2, 0.25) is 0 Å². The van der Waals surface area contributed by atoms with Gasteiger partial charge in [0.1, 0.15) is 5.78 Å². The van der Waals surface area contributed by atoms with E-state index in [1.807, 2.05) is 23.2 Å². The molecule has 4 aliphatic carbocycles. The first-order chi connectivity index (χ1) is 22.5. The van der Waals surface area contributed by atoms with Gasteiger partial charge >= 0.3 is 0 Å². The molecule has 5 atom stereocenters. The largest absolute Gasteiger partial charge is 0.363 e. The topological polar surface area (TPSA) is 127 Å². The van der Waals surface area contributed by atoms with Crippen LogP contribution < -0.4 is 5.73 Å². The zero-order valence-electron chi connectivity index (χ0n) is 28.6. The number of ketones is 3. The Bertz CT molecular complexity index is 1340. The van der Waals surface area contributed by atoms with E-state index in [2.05, 4.69) is 24.9 Å². The molecule has 1 unspecified atom stereocenters. The van der Waals surface area contributed by atoms with Crippen LogP contribution in [-0.2, 0) is 30.4 Å². The maximum atomic E-state index is 14.7. The summed E-state index contributed by atoms with van der Waals surface area (Å²) >= 11 is 0. The van der Waals surface area contributed by atoms with Gasteiger partial charge in [0.2, 0.25) is 11.7 Å². The second kappa shape index (κ2) is 13.9. The van der Waals surface area contributed by atoms with Crippen LogP contribution in [0.5, 0.6) is 0 Å². The summed E-state index contributed by atoms with van der Waals surface area (Å²) in [6.45, 7) is 4.84. The molecule has 6 rings (SSSR count). The quantitative estimate of drug-likeness (QED) is 0.232. The van der Waals surface area contributed by atoms with Gasteiger partial charge in [-0.2, -0.15) is 0 Å². The Hall–Kier alpha value is -2.90. The van der Waals surface area contributed by atoms with Crippen molar-refractivity contribution in [2.45, 2.75) is 129 Å². The van der Waals surface area contributed by atoms with E-state index in [0.717, 1.165) is 82.7 Å². The minimum absolute atomic E-state index is 0.0378. The van der Waals surface area contributed by atoms with Crippen LogP contribution in [0.3, 0.4) is 0 Å². The summed E-state index contributed by atoms with van der Waals surface area (Å²) in [6.07, 6.45) is 16.3. The van der Waals surface area contributed by atoms with Crippen molar-refractivity contribution in [1.29, 1.82) is 0 Å². The minimum Gasteiger partial charge on any atom is -0.363 e. The Balaban J connectivity index is 1.21. The first-order valence-corrected chi connectivity index (χ1v) is 18.6. The fraction of sp³-hybridized carbons (Fsp3) is 0.744. The standard InChI is InChI=1S/C39H55N3O5/c1-38(2)31-24-42(34(33(31)38)32(44)20-27(19-25-14-15-25)35(45)36(40)46)37(47)30(26-11-5-3-6-12-26)21-29(43)23-39(16-8-4-9-17-39)22-28-13-7-10-18-41-28/h7,10,13,18,25-27,30-31,33-34H,3-6,8-9,11-12,14-17,19-24H2,1-2H3,(H2,40,46)/t27?,30-,31-,33-,34+/m0/s1. The van der Waals surface area contributed by atoms with Crippen LogP contribution in [0.4, 0.5) is 0 Å². The molecule has 2 N–H and O–H groups in total. The second-order valence-electron chi connectivity index (χ2n) is 16.6. The summed E-state index contributed by atoms with van der Waals surface area (Å²) < 4.78 is 0. The van der Waals surface area contributed by atoms with Crippen LogP contribution in [0, 0.1) is 46.3 Å². The van der Waals surface area contributed by atoms with Crippen molar-refractivity contribution in [2.24, 2.45) is 52.1 Å². The third-order valence-corrected chi connectivity index (χ3v) is 12.9. The first-order valence-electron chi connectivity index (χ1n) is 18.6. The van der Waals surface area contributed by atoms with Gasteiger partial charge in [0.15, 0.2) is 5.78 Å². The van der Waals surface area contributed by atoms with Crippen LogP contribution in [0.15, 0.2) is 24.4 Å². The third kappa shape index (κ3) is 7.57. The number of pyridine rings is 1. The normalized spacial score (nSPS) is 27.8. The van der Waals surface area contributed by atoms with Crippen LogP contribution >= 0.6 is 0 Å². The molecule has 1 aromatic rings. The molecular formula is C39H55N3O5. The summed E-state index contributed by atoms with van der Waals surface area (Å²) in [5, 5.41) is 0. The number of piperidine rings is 1. The average molecular weight is 646 g/mol. The lowest BCUT2D eigenvalue weighted by molar-refractivity contribution is -0.147. The van der Waals surface area contributed by atoms with Gasteiger partial charge in [0, 0.05) is 49.5 Å². The van der Waals surface area contributed by atoms with Crippen LogP contribution in [0.25, 0.3) is 0 Å². The van der Waals surface area contributed by atoms with Crippen molar-refractivity contribution in [1.82, 2.24) is 9.88 Å². The third-order valence-electron chi connectivity index (χ3n) is 12.9. The number of hydrogen-bond donors (Lipinski definition) is 1. The minimum atomic E-state index is -0.984.